The van der Waals surface area contributed by atoms with Gasteiger partial charge in [-0.15, -0.1) is 0 Å². The van der Waals surface area contributed by atoms with Gasteiger partial charge >= 0.3 is 0 Å². The number of primary amides is 1. The Bertz CT molecular complexity index is 365. The van der Waals surface area contributed by atoms with Crippen LogP contribution in [-0.4, -0.2) is 33.0 Å². The van der Waals surface area contributed by atoms with Gasteiger partial charge in [-0.25, -0.2) is 0 Å². The summed E-state index contributed by atoms with van der Waals surface area (Å²) in [4.78, 5) is 11.0. The fourth-order valence-electron chi connectivity index (χ4n) is 1.43. The molecule has 0 heterocycles. The monoisotopic (exact) mass is 238 g/mol. The predicted octanol–water partition coefficient (Wildman–Crippen LogP) is 0.494. The number of carbonyl (C=O) groups excluding carboxylic acids is 1. The second-order valence-corrected chi connectivity index (χ2v) is 3.60. The van der Waals surface area contributed by atoms with Crippen LogP contribution in [0.3, 0.4) is 0 Å². The fraction of sp³-hybridized carbons (Fsp3) is 0.417. The van der Waals surface area contributed by atoms with Crippen LogP contribution in [-0.2, 0) is 16.0 Å². The molecular formula is C12H18N2O3. The lowest BCUT2D eigenvalue weighted by Crippen LogP contribution is -2.29. The van der Waals surface area contributed by atoms with Gasteiger partial charge in [0, 0.05) is 32.9 Å². The van der Waals surface area contributed by atoms with Crippen molar-refractivity contribution in [3.05, 3.63) is 35.4 Å². The van der Waals surface area contributed by atoms with Crippen LogP contribution in [0, 0.1) is 0 Å². The minimum atomic E-state index is -0.418. The highest BCUT2D eigenvalue weighted by molar-refractivity contribution is 5.92. The molecule has 17 heavy (non-hydrogen) atoms. The van der Waals surface area contributed by atoms with Crippen LogP contribution >= 0.6 is 0 Å². The molecule has 1 aromatic carbocycles. The summed E-state index contributed by atoms with van der Waals surface area (Å²) in [5.41, 5.74) is 6.71. The largest absolute Gasteiger partial charge is 0.366 e. The Hall–Kier alpha value is -1.43. The average molecular weight is 238 g/mol. The molecule has 0 saturated carbocycles. The summed E-state index contributed by atoms with van der Waals surface area (Å²) in [6, 6.07) is 7.19. The molecule has 5 heteroatoms. The molecule has 0 saturated heterocycles. The number of ether oxygens (including phenoxy) is 2. The van der Waals surface area contributed by atoms with Crippen LogP contribution in [0.4, 0.5) is 0 Å². The second-order valence-electron chi connectivity index (χ2n) is 3.60. The first-order valence-corrected chi connectivity index (χ1v) is 5.32. The van der Waals surface area contributed by atoms with E-state index < -0.39 is 5.91 Å². The molecule has 0 spiro atoms. The molecule has 0 unspecified atom stereocenters. The Morgan fingerprint density at radius 1 is 1.41 bits per heavy atom. The zero-order valence-electron chi connectivity index (χ0n) is 10.1. The maximum absolute atomic E-state index is 11.0. The summed E-state index contributed by atoms with van der Waals surface area (Å²) >= 11 is 0. The SMILES string of the molecule is COC(CNCc1cccc(C(N)=O)c1)OC. The van der Waals surface area contributed by atoms with Crippen LogP contribution in [0.25, 0.3) is 0 Å². The van der Waals surface area contributed by atoms with E-state index in [-0.39, 0.29) is 6.29 Å². The number of benzene rings is 1. The highest BCUT2D eigenvalue weighted by atomic mass is 16.7. The van der Waals surface area contributed by atoms with Crippen molar-refractivity contribution < 1.29 is 14.3 Å². The number of nitrogens with two attached hydrogens (primary N) is 1. The molecule has 5 nitrogen and oxygen atoms in total. The highest BCUT2D eigenvalue weighted by Crippen LogP contribution is 2.04. The lowest BCUT2D eigenvalue weighted by Gasteiger charge is -2.14. The molecule has 0 bridgehead atoms. The van der Waals surface area contributed by atoms with Crippen molar-refractivity contribution in [3.8, 4) is 0 Å². The first-order valence-electron chi connectivity index (χ1n) is 5.32. The predicted molar refractivity (Wildman–Crippen MR) is 64.5 cm³/mol. The number of methoxy groups -OCH3 is 2. The van der Waals surface area contributed by atoms with Crippen molar-refractivity contribution >= 4 is 5.91 Å². The first-order chi connectivity index (χ1) is 8.17. The maximum Gasteiger partial charge on any atom is 0.248 e. The molecule has 0 aliphatic heterocycles. The molecule has 0 aliphatic carbocycles. The molecule has 1 aromatic rings. The van der Waals surface area contributed by atoms with Crippen LogP contribution in [0.5, 0.6) is 0 Å². The van der Waals surface area contributed by atoms with Gasteiger partial charge in [0.05, 0.1) is 0 Å². The van der Waals surface area contributed by atoms with Crippen LogP contribution in [0.15, 0.2) is 24.3 Å². The van der Waals surface area contributed by atoms with Gasteiger partial charge in [-0.05, 0) is 17.7 Å². The molecular weight excluding hydrogens is 220 g/mol. The zero-order valence-corrected chi connectivity index (χ0v) is 10.1. The topological polar surface area (TPSA) is 73.6 Å². The van der Waals surface area contributed by atoms with Crippen molar-refractivity contribution in [1.82, 2.24) is 5.32 Å². The van der Waals surface area contributed by atoms with Crippen LogP contribution in [0.1, 0.15) is 15.9 Å². The van der Waals surface area contributed by atoms with E-state index in [1.54, 1.807) is 32.4 Å². The van der Waals surface area contributed by atoms with Gasteiger partial charge in [-0.3, -0.25) is 4.79 Å². The minimum absolute atomic E-state index is 0.269. The molecule has 1 amide bonds. The summed E-state index contributed by atoms with van der Waals surface area (Å²) in [5, 5.41) is 3.17. The molecule has 0 atom stereocenters. The summed E-state index contributed by atoms with van der Waals surface area (Å²) in [6.07, 6.45) is -0.269. The standard InChI is InChI=1S/C12H18N2O3/c1-16-11(17-2)8-14-7-9-4-3-5-10(6-9)12(13)15/h3-6,11,14H,7-8H2,1-2H3,(H2,13,15). The van der Waals surface area contributed by atoms with Crippen molar-refractivity contribution in [2.75, 3.05) is 20.8 Å². The molecule has 0 aromatic heterocycles. The van der Waals surface area contributed by atoms with Crippen molar-refractivity contribution in [2.45, 2.75) is 12.8 Å². The van der Waals surface area contributed by atoms with E-state index in [1.807, 2.05) is 6.07 Å². The second kappa shape index (κ2) is 7.01. The number of rotatable bonds is 7. The van der Waals surface area contributed by atoms with Crippen molar-refractivity contribution in [1.29, 1.82) is 0 Å². The number of hydrogen-bond acceptors (Lipinski definition) is 4. The quantitative estimate of drug-likeness (QED) is 0.678. The number of amides is 1. The normalized spacial score (nSPS) is 10.8. The molecule has 1 rings (SSSR count). The van der Waals surface area contributed by atoms with Gasteiger partial charge in [-0.2, -0.15) is 0 Å². The smallest absolute Gasteiger partial charge is 0.248 e. The van der Waals surface area contributed by atoms with Crippen molar-refractivity contribution in [3.63, 3.8) is 0 Å². The van der Waals surface area contributed by atoms with E-state index in [4.69, 9.17) is 15.2 Å². The number of carbonyl (C=O) groups is 1. The molecule has 0 aliphatic rings. The third-order valence-electron chi connectivity index (χ3n) is 2.38. The van der Waals surface area contributed by atoms with E-state index in [1.165, 1.54) is 0 Å². The van der Waals surface area contributed by atoms with Crippen LogP contribution in [0.2, 0.25) is 0 Å². The maximum atomic E-state index is 11.0. The third-order valence-corrected chi connectivity index (χ3v) is 2.38. The average Bonchev–Trinajstić information content (AvgIpc) is 2.35. The summed E-state index contributed by atoms with van der Waals surface area (Å²) < 4.78 is 10.1. The Balaban J connectivity index is 2.46. The van der Waals surface area contributed by atoms with E-state index >= 15 is 0 Å². The Labute approximate surface area is 101 Å². The first kappa shape index (κ1) is 13.6. The highest BCUT2D eigenvalue weighted by Gasteiger charge is 2.04. The molecule has 0 radical (unpaired) electrons. The fourth-order valence-corrected chi connectivity index (χ4v) is 1.43. The molecule has 94 valence electrons. The lowest BCUT2D eigenvalue weighted by atomic mass is 10.1. The van der Waals surface area contributed by atoms with E-state index in [9.17, 15) is 4.79 Å². The Kier molecular flexibility index (Phi) is 5.62. The lowest BCUT2D eigenvalue weighted by molar-refractivity contribution is -0.0989. The Morgan fingerprint density at radius 3 is 2.71 bits per heavy atom. The van der Waals surface area contributed by atoms with Crippen LogP contribution < -0.4 is 11.1 Å². The van der Waals surface area contributed by atoms with Crippen molar-refractivity contribution in [2.24, 2.45) is 5.73 Å². The summed E-state index contributed by atoms with van der Waals surface area (Å²) in [7, 11) is 3.17. The van der Waals surface area contributed by atoms with E-state index in [2.05, 4.69) is 5.32 Å². The van der Waals surface area contributed by atoms with Gasteiger partial charge in [0.25, 0.3) is 0 Å². The third kappa shape index (κ3) is 4.52. The van der Waals surface area contributed by atoms with E-state index in [0.29, 0.717) is 18.7 Å². The molecule has 0 fully saturated rings. The summed E-state index contributed by atoms with van der Waals surface area (Å²) in [6.45, 7) is 1.21. The Morgan fingerprint density at radius 2 is 2.12 bits per heavy atom. The van der Waals surface area contributed by atoms with Gasteiger partial charge in [0.15, 0.2) is 6.29 Å². The summed E-state index contributed by atoms with van der Waals surface area (Å²) in [5.74, 6) is -0.418. The van der Waals surface area contributed by atoms with E-state index in [0.717, 1.165) is 5.56 Å². The molecule has 3 N–H and O–H groups in total. The zero-order chi connectivity index (χ0) is 12.7. The van der Waals surface area contributed by atoms with Gasteiger partial charge < -0.3 is 20.5 Å². The van der Waals surface area contributed by atoms with Gasteiger partial charge in [0.2, 0.25) is 5.91 Å². The van der Waals surface area contributed by atoms with Gasteiger partial charge in [-0.1, -0.05) is 12.1 Å². The minimum Gasteiger partial charge on any atom is -0.366 e. The van der Waals surface area contributed by atoms with Gasteiger partial charge in [0.1, 0.15) is 0 Å². The number of hydrogen-bond donors (Lipinski definition) is 2. The number of nitrogens with one attached hydrogen (secondary N) is 1.